The minimum atomic E-state index is -1.96. The fourth-order valence-electron chi connectivity index (χ4n) is 3.02. The summed E-state index contributed by atoms with van der Waals surface area (Å²) in [6.07, 6.45) is 1.20. The first-order valence-electron chi connectivity index (χ1n) is 8.37. The summed E-state index contributed by atoms with van der Waals surface area (Å²) >= 11 is 0. The minimum absolute atomic E-state index is 0.301. The van der Waals surface area contributed by atoms with Gasteiger partial charge in [-0.15, -0.1) is 0 Å². The number of carbonyl (C=O) groups excluding carboxylic acids is 2. The molecule has 5 nitrogen and oxygen atoms in total. The van der Waals surface area contributed by atoms with Gasteiger partial charge in [-0.2, -0.15) is 0 Å². The van der Waals surface area contributed by atoms with E-state index in [-0.39, 0.29) is 0 Å². The van der Waals surface area contributed by atoms with Crippen molar-refractivity contribution in [1.29, 1.82) is 0 Å². The zero-order chi connectivity index (χ0) is 18.7. The summed E-state index contributed by atoms with van der Waals surface area (Å²) in [4.78, 5) is 26.3. The van der Waals surface area contributed by atoms with Crippen LogP contribution in [0.1, 0.15) is 23.1 Å². The average molecular weight is 351 g/mol. The Labute approximate surface area is 152 Å². The van der Waals surface area contributed by atoms with E-state index in [0.717, 1.165) is 11.1 Å². The van der Waals surface area contributed by atoms with E-state index < -0.39 is 23.9 Å². The smallest absolute Gasteiger partial charge is 0.310 e. The van der Waals surface area contributed by atoms with Crippen LogP contribution in [-0.4, -0.2) is 34.6 Å². The molecule has 0 spiro atoms. The van der Waals surface area contributed by atoms with E-state index in [1.165, 1.54) is 12.0 Å². The monoisotopic (exact) mass is 351 g/mol. The molecule has 0 amide bonds. The Morgan fingerprint density at radius 2 is 1.77 bits per heavy atom. The molecule has 1 aliphatic rings. The van der Waals surface area contributed by atoms with Crippen LogP contribution in [0.25, 0.3) is 5.57 Å². The van der Waals surface area contributed by atoms with Gasteiger partial charge < -0.3 is 14.7 Å². The summed E-state index contributed by atoms with van der Waals surface area (Å²) in [6.45, 7) is 2.26. The molecular weight excluding hydrogens is 330 g/mol. The maximum atomic E-state index is 13.0. The van der Waals surface area contributed by atoms with Crippen molar-refractivity contribution in [2.45, 2.75) is 25.6 Å². The lowest BCUT2D eigenvalue weighted by Crippen LogP contribution is -2.49. The van der Waals surface area contributed by atoms with Crippen molar-refractivity contribution in [3.8, 4) is 0 Å². The molecule has 0 saturated carbocycles. The van der Waals surface area contributed by atoms with Gasteiger partial charge in [0.15, 0.2) is 0 Å². The number of rotatable bonds is 5. The molecule has 3 rings (SSSR count). The topological polar surface area (TPSA) is 66.8 Å². The molecule has 0 radical (unpaired) electrons. The van der Waals surface area contributed by atoms with E-state index >= 15 is 0 Å². The van der Waals surface area contributed by atoms with Gasteiger partial charge in [0.05, 0.1) is 7.11 Å². The lowest BCUT2D eigenvalue weighted by Gasteiger charge is -2.32. The molecule has 1 aliphatic heterocycles. The number of carbonyl (C=O) groups is 2. The van der Waals surface area contributed by atoms with Crippen LogP contribution >= 0.6 is 0 Å². The highest BCUT2D eigenvalue weighted by atomic mass is 16.5. The zero-order valence-corrected chi connectivity index (χ0v) is 14.8. The highest BCUT2D eigenvalue weighted by Gasteiger charge is 2.49. The van der Waals surface area contributed by atoms with Crippen LogP contribution in [0.2, 0.25) is 0 Å². The molecule has 0 aliphatic carbocycles. The summed E-state index contributed by atoms with van der Waals surface area (Å²) in [7, 11) is 1.24. The number of ketones is 1. The first kappa shape index (κ1) is 17.9. The molecule has 0 aromatic heterocycles. The maximum Gasteiger partial charge on any atom is 0.310 e. The van der Waals surface area contributed by atoms with Crippen LogP contribution < -0.4 is 0 Å². The standard InChI is InChI=1S/C21H21NO4/c1-15-8-10-17(11-9-15)18-14-22(13-16-6-4-3-5-7-16)21(25,20(18)24)12-19(23)26-2/h3-11,14,25H,12-13H2,1-2H3. The van der Waals surface area contributed by atoms with Gasteiger partial charge in [-0.05, 0) is 18.1 Å². The number of nitrogens with zero attached hydrogens (tertiary/aromatic N) is 1. The lowest BCUT2D eigenvalue weighted by molar-refractivity contribution is -0.163. The third-order valence-corrected chi connectivity index (χ3v) is 4.55. The molecule has 1 N–H and O–H groups in total. The van der Waals surface area contributed by atoms with E-state index in [1.807, 2.05) is 61.5 Å². The molecule has 1 heterocycles. The number of hydrogen-bond donors (Lipinski definition) is 1. The average Bonchev–Trinajstić information content (AvgIpc) is 2.88. The van der Waals surface area contributed by atoms with Gasteiger partial charge >= 0.3 is 5.97 Å². The van der Waals surface area contributed by atoms with Crippen LogP contribution in [-0.2, 0) is 20.9 Å². The van der Waals surface area contributed by atoms with Gasteiger partial charge in [0.25, 0.3) is 0 Å². The molecular formula is C21H21NO4. The van der Waals surface area contributed by atoms with Crippen LogP contribution in [0, 0.1) is 6.92 Å². The predicted octanol–water partition coefficient (Wildman–Crippen LogP) is 2.67. The first-order valence-corrected chi connectivity index (χ1v) is 8.37. The molecule has 26 heavy (non-hydrogen) atoms. The second kappa shape index (κ2) is 7.14. The molecule has 0 bridgehead atoms. The molecule has 5 heteroatoms. The van der Waals surface area contributed by atoms with Crippen molar-refractivity contribution >= 4 is 17.3 Å². The normalized spacial score (nSPS) is 19.4. The van der Waals surface area contributed by atoms with E-state index in [2.05, 4.69) is 4.74 Å². The number of Topliss-reactive ketones (excluding diaryl/α,β-unsaturated/α-hetero) is 1. The van der Waals surface area contributed by atoms with Gasteiger partial charge in [0.1, 0.15) is 6.42 Å². The third kappa shape index (κ3) is 3.39. The number of aliphatic hydroxyl groups is 1. The number of benzene rings is 2. The summed E-state index contributed by atoms with van der Waals surface area (Å²) < 4.78 is 4.68. The largest absolute Gasteiger partial charge is 0.469 e. The molecule has 1 unspecified atom stereocenters. The fraction of sp³-hybridized carbons (Fsp3) is 0.238. The van der Waals surface area contributed by atoms with Crippen LogP contribution in [0.15, 0.2) is 60.8 Å². The molecule has 2 aromatic carbocycles. The van der Waals surface area contributed by atoms with Crippen molar-refractivity contribution < 1.29 is 19.4 Å². The first-order chi connectivity index (χ1) is 12.4. The maximum absolute atomic E-state index is 13.0. The van der Waals surface area contributed by atoms with Crippen molar-refractivity contribution in [1.82, 2.24) is 4.90 Å². The highest BCUT2D eigenvalue weighted by Crippen LogP contribution is 2.36. The lowest BCUT2D eigenvalue weighted by atomic mass is 9.96. The van der Waals surface area contributed by atoms with Gasteiger partial charge in [-0.3, -0.25) is 9.59 Å². The number of ether oxygens (including phenoxy) is 1. The summed E-state index contributed by atoms with van der Waals surface area (Å²) in [5.41, 5.74) is 1.13. The Kier molecular flexibility index (Phi) is 4.91. The van der Waals surface area contributed by atoms with Gasteiger partial charge in [0.2, 0.25) is 11.5 Å². The summed E-state index contributed by atoms with van der Waals surface area (Å²) in [5.74, 6) is -1.14. The van der Waals surface area contributed by atoms with Crippen molar-refractivity contribution in [2.75, 3.05) is 7.11 Å². The van der Waals surface area contributed by atoms with Crippen molar-refractivity contribution in [2.24, 2.45) is 0 Å². The number of methoxy groups -OCH3 is 1. The molecule has 2 aromatic rings. The Bertz CT molecular complexity index is 842. The van der Waals surface area contributed by atoms with Gasteiger partial charge in [-0.1, -0.05) is 60.2 Å². The highest BCUT2D eigenvalue weighted by molar-refractivity contribution is 6.26. The van der Waals surface area contributed by atoms with E-state index in [4.69, 9.17) is 0 Å². The van der Waals surface area contributed by atoms with Gasteiger partial charge in [0, 0.05) is 18.3 Å². The second-order valence-electron chi connectivity index (χ2n) is 6.42. The Hall–Kier alpha value is -2.92. The predicted molar refractivity (Wildman–Crippen MR) is 97.7 cm³/mol. The van der Waals surface area contributed by atoms with E-state index in [9.17, 15) is 14.7 Å². The quantitative estimate of drug-likeness (QED) is 0.839. The van der Waals surface area contributed by atoms with Gasteiger partial charge in [-0.25, -0.2) is 0 Å². The summed E-state index contributed by atoms with van der Waals surface area (Å²) in [5, 5.41) is 11.1. The van der Waals surface area contributed by atoms with Crippen molar-refractivity contribution in [3.63, 3.8) is 0 Å². The Morgan fingerprint density at radius 1 is 1.12 bits per heavy atom. The van der Waals surface area contributed by atoms with E-state index in [0.29, 0.717) is 17.7 Å². The Balaban J connectivity index is 1.98. The molecule has 134 valence electrons. The number of hydrogen-bond acceptors (Lipinski definition) is 5. The van der Waals surface area contributed by atoms with E-state index in [1.54, 1.807) is 6.20 Å². The third-order valence-electron chi connectivity index (χ3n) is 4.55. The molecule has 1 atom stereocenters. The second-order valence-corrected chi connectivity index (χ2v) is 6.42. The fourth-order valence-corrected chi connectivity index (χ4v) is 3.02. The molecule has 0 fully saturated rings. The van der Waals surface area contributed by atoms with Crippen molar-refractivity contribution in [3.05, 3.63) is 77.5 Å². The number of esters is 1. The minimum Gasteiger partial charge on any atom is -0.469 e. The van der Waals surface area contributed by atoms with Crippen LogP contribution in [0.4, 0.5) is 0 Å². The zero-order valence-electron chi connectivity index (χ0n) is 14.8. The SMILES string of the molecule is COC(=O)CC1(O)C(=O)C(c2ccc(C)cc2)=CN1Cc1ccccc1. The molecule has 0 saturated heterocycles. The Morgan fingerprint density at radius 3 is 2.38 bits per heavy atom. The van der Waals surface area contributed by atoms with Crippen LogP contribution in [0.5, 0.6) is 0 Å². The number of aryl methyl sites for hydroxylation is 1. The van der Waals surface area contributed by atoms with Crippen LogP contribution in [0.3, 0.4) is 0 Å². The summed E-state index contributed by atoms with van der Waals surface area (Å²) in [6, 6.07) is 17.0.